The Bertz CT molecular complexity index is 135. The Morgan fingerprint density at radius 1 is 1.33 bits per heavy atom. The predicted octanol–water partition coefficient (Wildman–Crippen LogP) is 4.25. The second-order valence-corrected chi connectivity index (χ2v) is 5.27. The molecule has 72 valence electrons. The molecule has 0 aromatic rings. The molecule has 1 rings (SSSR count). The average Bonchev–Trinajstić information content (AvgIpc) is 2.60. The standard InChI is InChI=1S/C12H24/c1-5-6-7-8-10(2)11-9-12(11,3)4/h10-11H,5-9H2,1-4H3. The molecule has 12 heavy (non-hydrogen) atoms. The van der Waals surface area contributed by atoms with Gasteiger partial charge in [0.1, 0.15) is 0 Å². The molecule has 0 nitrogen and oxygen atoms in total. The maximum atomic E-state index is 2.44. The Morgan fingerprint density at radius 3 is 2.33 bits per heavy atom. The van der Waals surface area contributed by atoms with Crippen LogP contribution in [-0.2, 0) is 0 Å². The minimum Gasteiger partial charge on any atom is -0.0654 e. The lowest BCUT2D eigenvalue weighted by atomic mass is 9.94. The van der Waals surface area contributed by atoms with Crippen LogP contribution in [0.2, 0.25) is 0 Å². The van der Waals surface area contributed by atoms with E-state index in [-0.39, 0.29) is 0 Å². The topological polar surface area (TPSA) is 0 Å². The summed E-state index contributed by atoms with van der Waals surface area (Å²) < 4.78 is 0. The molecule has 0 saturated heterocycles. The van der Waals surface area contributed by atoms with E-state index in [0.717, 1.165) is 11.8 Å². The molecule has 1 aliphatic carbocycles. The molecule has 1 aliphatic rings. The van der Waals surface area contributed by atoms with E-state index < -0.39 is 0 Å². The Labute approximate surface area is 77.7 Å². The van der Waals surface area contributed by atoms with E-state index >= 15 is 0 Å². The second kappa shape index (κ2) is 3.81. The zero-order valence-electron chi connectivity index (χ0n) is 9.19. The van der Waals surface area contributed by atoms with Gasteiger partial charge < -0.3 is 0 Å². The summed E-state index contributed by atoms with van der Waals surface area (Å²) >= 11 is 0. The van der Waals surface area contributed by atoms with Gasteiger partial charge in [-0.25, -0.2) is 0 Å². The zero-order valence-corrected chi connectivity index (χ0v) is 9.19. The summed E-state index contributed by atoms with van der Waals surface area (Å²) in [5, 5.41) is 0. The first kappa shape index (κ1) is 10.1. The first-order valence-electron chi connectivity index (χ1n) is 5.58. The molecule has 0 radical (unpaired) electrons. The van der Waals surface area contributed by atoms with E-state index in [2.05, 4.69) is 27.7 Å². The monoisotopic (exact) mass is 168 g/mol. The van der Waals surface area contributed by atoms with Crippen LogP contribution in [0.5, 0.6) is 0 Å². The molecule has 0 amide bonds. The van der Waals surface area contributed by atoms with Gasteiger partial charge in [-0.1, -0.05) is 53.4 Å². The maximum Gasteiger partial charge on any atom is -0.0320 e. The molecule has 1 fully saturated rings. The minimum atomic E-state index is 0.686. The Morgan fingerprint density at radius 2 is 1.92 bits per heavy atom. The molecule has 0 aromatic heterocycles. The highest BCUT2D eigenvalue weighted by Gasteiger charge is 2.47. The minimum absolute atomic E-state index is 0.686. The summed E-state index contributed by atoms with van der Waals surface area (Å²) in [4.78, 5) is 0. The number of hydrogen-bond donors (Lipinski definition) is 0. The Hall–Kier alpha value is 0. The van der Waals surface area contributed by atoms with Crippen LogP contribution in [0.15, 0.2) is 0 Å². The fourth-order valence-electron chi connectivity index (χ4n) is 2.40. The van der Waals surface area contributed by atoms with Crippen molar-refractivity contribution in [2.75, 3.05) is 0 Å². The van der Waals surface area contributed by atoms with Gasteiger partial charge in [0.05, 0.1) is 0 Å². The molecule has 0 spiro atoms. The van der Waals surface area contributed by atoms with Crippen molar-refractivity contribution in [1.29, 1.82) is 0 Å². The Balaban J connectivity index is 2.09. The third-order valence-electron chi connectivity index (χ3n) is 3.54. The van der Waals surface area contributed by atoms with Crippen molar-refractivity contribution in [3.05, 3.63) is 0 Å². The van der Waals surface area contributed by atoms with E-state index in [0.29, 0.717) is 5.41 Å². The third kappa shape index (κ3) is 2.50. The SMILES string of the molecule is CCCCCC(C)C1CC1(C)C. The Kier molecular flexibility index (Phi) is 3.20. The predicted molar refractivity (Wildman–Crippen MR) is 55.2 cm³/mol. The lowest BCUT2D eigenvalue weighted by molar-refractivity contribution is 0.385. The summed E-state index contributed by atoms with van der Waals surface area (Å²) in [5.74, 6) is 2.01. The summed E-state index contributed by atoms with van der Waals surface area (Å²) in [6.07, 6.45) is 7.17. The van der Waals surface area contributed by atoms with Crippen molar-refractivity contribution in [3.8, 4) is 0 Å². The van der Waals surface area contributed by atoms with Gasteiger partial charge in [-0.2, -0.15) is 0 Å². The van der Waals surface area contributed by atoms with Crippen molar-refractivity contribution in [2.24, 2.45) is 17.3 Å². The molecule has 0 heteroatoms. The van der Waals surface area contributed by atoms with E-state index in [1.54, 1.807) is 0 Å². The largest absolute Gasteiger partial charge is 0.0654 e. The lowest BCUT2D eigenvalue weighted by Crippen LogP contribution is -2.02. The third-order valence-corrected chi connectivity index (χ3v) is 3.54. The van der Waals surface area contributed by atoms with Crippen molar-refractivity contribution in [3.63, 3.8) is 0 Å². The molecular formula is C12H24. The van der Waals surface area contributed by atoms with Gasteiger partial charge >= 0.3 is 0 Å². The van der Waals surface area contributed by atoms with E-state index in [9.17, 15) is 0 Å². The number of rotatable bonds is 5. The maximum absolute atomic E-state index is 2.44. The van der Waals surface area contributed by atoms with Crippen LogP contribution in [0.4, 0.5) is 0 Å². The van der Waals surface area contributed by atoms with Gasteiger partial charge in [0.25, 0.3) is 0 Å². The molecule has 0 N–H and O–H groups in total. The van der Waals surface area contributed by atoms with Crippen molar-refractivity contribution < 1.29 is 0 Å². The first-order valence-corrected chi connectivity index (χ1v) is 5.58. The highest BCUT2D eigenvalue weighted by molar-refractivity contribution is 4.97. The quantitative estimate of drug-likeness (QED) is 0.538. The molecule has 2 unspecified atom stereocenters. The number of unbranched alkanes of at least 4 members (excludes halogenated alkanes) is 2. The second-order valence-electron chi connectivity index (χ2n) is 5.27. The van der Waals surface area contributed by atoms with Gasteiger partial charge in [0.2, 0.25) is 0 Å². The van der Waals surface area contributed by atoms with Gasteiger partial charge in [0, 0.05) is 0 Å². The van der Waals surface area contributed by atoms with E-state index in [1.807, 2.05) is 0 Å². The number of hydrogen-bond acceptors (Lipinski definition) is 0. The van der Waals surface area contributed by atoms with Gasteiger partial charge in [0.15, 0.2) is 0 Å². The van der Waals surface area contributed by atoms with E-state index in [4.69, 9.17) is 0 Å². The lowest BCUT2D eigenvalue weighted by Gasteiger charge is -2.12. The molecule has 0 heterocycles. The van der Waals surface area contributed by atoms with Crippen molar-refractivity contribution >= 4 is 0 Å². The fraction of sp³-hybridized carbons (Fsp3) is 1.00. The molecule has 1 saturated carbocycles. The van der Waals surface area contributed by atoms with Crippen LogP contribution < -0.4 is 0 Å². The average molecular weight is 168 g/mol. The van der Waals surface area contributed by atoms with Gasteiger partial charge in [-0.3, -0.25) is 0 Å². The fourth-order valence-corrected chi connectivity index (χ4v) is 2.40. The summed E-state index contributed by atoms with van der Waals surface area (Å²) in [6.45, 7) is 9.54. The van der Waals surface area contributed by atoms with E-state index in [1.165, 1.54) is 32.1 Å². The van der Waals surface area contributed by atoms with Crippen LogP contribution in [0.1, 0.15) is 59.8 Å². The first-order chi connectivity index (χ1) is 5.58. The van der Waals surface area contributed by atoms with Crippen LogP contribution in [0, 0.1) is 17.3 Å². The normalized spacial score (nSPS) is 28.5. The highest BCUT2D eigenvalue weighted by atomic mass is 14.5. The highest BCUT2D eigenvalue weighted by Crippen LogP contribution is 2.56. The molecule has 0 aliphatic heterocycles. The van der Waals surface area contributed by atoms with Gasteiger partial charge in [-0.05, 0) is 23.7 Å². The zero-order chi connectivity index (χ0) is 9.19. The van der Waals surface area contributed by atoms with Gasteiger partial charge in [-0.15, -0.1) is 0 Å². The van der Waals surface area contributed by atoms with Crippen LogP contribution in [0.25, 0.3) is 0 Å². The molecular weight excluding hydrogens is 144 g/mol. The van der Waals surface area contributed by atoms with Crippen LogP contribution in [0.3, 0.4) is 0 Å². The van der Waals surface area contributed by atoms with Crippen LogP contribution in [-0.4, -0.2) is 0 Å². The summed E-state index contributed by atoms with van der Waals surface area (Å²) in [7, 11) is 0. The van der Waals surface area contributed by atoms with Crippen LogP contribution >= 0.6 is 0 Å². The van der Waals surface area contributed by atoms with Crippen molar-refractivity contribution in [2.45, 2.75) is 59.8 Å². The summed E-state index contributed by atoms with van der Waals surface area (Å²) in [6, 6.07) is 0. The molecule has 0 bridgehead atoms. The van der Waals surface area contributed by atoms with Crippen molar-refractivity contribution in [1.82, 2.24) is 0 Å². The molecule has 0 aromatic carbocycles. The summed E-state index contributed by atoms with van der Waals surface area (Å²) in [5.41, 5.74) is 0.686. The smallest absolute Gasteiger partial charge is 0.0320 e. The molecule has 2 atom stereocenters.